The quantitative estimate of drug-likeness (QED) is 0.159. The lowest BCUT2D eigenvalue weighted by Gasteiger charge is -2.16. The number of nitrogens with zero attached hydrogens (tertiary/aromatic N) is 3. The van der Waals surface area contributed by atoms with Gasteiger partial charge in [-0.1, -0.05) is 18.2 Å². The number of amides is 1. The molecule has 2 aliphatic rings. The number of aromatic carboxylic acids is 1. The second-order valence-electron chi connectivity index (χ2n) is 9.78. The summed E-state index contributed by atoms with van der Waals surface area (Å²) >= 11 is 0. The average Bonchev–Trinajstić information content (AvgIpc) is 3.59. The number of nitrogens with one attached hydrogen (secondary N) is 1. The third-order valence-electron chi connectivity index (χ3n) is 7.36. The van der Waals surface area contributed by atoms with Gasteiger partial charge in [-0.2, -0.15) is 10.2 Å². The summed E-state index contributed by atoms with van der Waals surface area (Å²) in [5, 5.41) is 30.9. The molecule has 0 aliphatic heterocycles. The van der Waals surface area contributed by atoms with E-state index in [0.29, 0.717) is 40.3 Å². The Morgan fingerprint density at radius 1 is 0.947 bits per heavy atom. The first-order chi connectivity index (χ1) is 18.4. The molecule has 0 fully saturated rings. The summed E-state index contributed by atoms with van der Waals surface area (Å²) in [6.07, 6.45) is 6.53. The Morgan fingerprint density at radius 3 is 2.50 bits per heavy atom. The Hall–Kier alpha value is -4.46. The predicted molar refractivity (Wildman–Crippen MR) is 149 cm³/mol. The number of benzene rings is 3. The van der Waals surface area contributed by atoms with Crippen LogP contribution in [0.1, 0.15) is 59.3 Å². The van der Waals surface area contributed by atoms with Crippen LogP contribution < -0.4 is 10.4 Å². The Morgan fingerprint density at radius 2 is 1.71 bits per heavy atom. The van der Waals surface area contributed by atoms with Crippen molar-refractivity contribution in [2.75, 3.05) is 10.4 Å². The molecule has 0 aromatic heterocycles. The van der Waals surface area contributed by atoms with E-state index in [-0.39, 0.29) is 11.3 Å². The number of phenols is 1. The van der Waals surface area contributed by atoms with Crippen molar-refractivity contribution in [3.63, 3.8) is 0 Å². The number of hydrogen-bond acceptors (Lipinski definition) is 6. The van der Waals surface area contributed by atoms with Gasteiger partial charge in [0.15, 0.2) is 0 Å². The van der Waals surface area contributed by atoms with Crippen molar-refractivity contribution in [3.8, 4) is 16.9 Å². The maximum absolute atomic E-state index is 11.8. The van der Waals surface area contributed by atoms with Crippen molar-refractivity contribution in [2.24, 2.45) is 10.2 Å². The first-order valence-electron chi connectivity index (χ1n) is 12.8. The normalized spacial score (nSPS) is 14.7. The van der Waals surface area contributed by atoms with Crippen LogP contribution in [0, 0.1) is 0 Å². The SMILES string of the molecule is CC(=N/N(C=O)c1ccc2c(c1)CCC2)/C(C)=N/Nc1c(O)c(-c2cccc(C(=O)O)c2)cc2c1CCC2. The molecule has 3 aromatic rings. The fourth-order valence-corrected chi connectivity index (χ4v) is 5.19. The van der Waals surface area contributed by atoms with E-state index in [1.807, 2.05) is 18.2 Å². The van der Waals surface area contributed by atoms with Crippen molar-refractivity contribution < 1.29 is 19.8 Å². The van der Waals surface area contributed by atoms with Gasteiger partial charge in [0, 0.05) is 5.56 Å². The summed E-state index contributed by atoms with van der Waals surface area (Å²) in [4.78, 5) is 23.3. The number of rotatable bonds is 8. The van der Waals surface area contributed by atoms with Gasteiger partial charge < -0.3 is 10.2 Å². The van der Waals surface area contributed by atoms with E-state index in [4.69, 9.17) is 0 Å². The molecule has 0 unspecified atom stereocenters. The van der Waals surface area contributed by atoms with Gasteiger partial charge in [-0.25, -0.2) is 9.80 Å². The maximum Gasteiger partial charge on any atom is 0.335 e. The minimum absolute atomic E-state index is 0.0204. The fourth-order valence-electron chi connectivity index (χ4n) is 5.19. The lowest BCUT2D eigenvalue weighted by atomic mass is 9.96. The smallest absolute Gasteiger partial charge is 0.335 e. The molecule has 3 N–H and O–H groups in total. The predicted octanol–water partition coefficient (Wildman–Crippen LogP) is 5.56. The van der Waals surface area contributed by atoms with Gasteiger partial charge in [-0.05, 0) is 111 Å². The Kier molecular flexibility index (Phi) is 6.96. The molecule has 1 amide bonds. The Balaban J connectivity index is 1.44. The van der Waals surface area contributed by atoms with Gasteiger partial charge in [0.2, 0.25) is 6.41 Å². The molecule has 194 valence electrons. The largest absolute Gasteiger partial charge is 0.505 e. The highest BCUT2D eigenvalue weighted by molar-refractivity contribution is 6.41. The van der Waals surface area contributed by atoms with Gasteiger partial charge in [0.05, 0.1) is 22.7 Å². The van der Waals surface area contributed by atoms with Gasteiger partial charge in [-0.3, -0.25) is 10.2 Å². The van der Waals surface area contributed by atoms with Crippen molar-refractivity contribution in [1.82, 2.24) is 0 Å². The van der Waals surface area contributed by atoms with Gasteiger partial charge in [0.1, 0.15) is 11.4 Å². The number of hydrogen-bond donors (Lipinski definition) is 3. The zero-order valence-electron chi connectivity index (χ0n) is 21.5. The van der Waals surface area contributed by atoms with E-state index in [2.05, 4.69) is 21.7 Å². The minimum atomic E-state index is -1.02. The molecule has 8 nitrogen and oxygen atoms in total. The first-order valence-corrected chi connectivity index (χ1v) is 12.8. The van der Waals surface area contributed by atoms with E-state index < -0.39 is 5.97 Å². The van der Waals surface area contributed by atoms with E-state index in [1.165, 1.54) is 22.2 Å². The van der Waals surface area contributed by atoms with Crippen LogP contribution in [0.4, 0.5) is 11.4 Å². The standard InChI is InChI=1S/C30H30N4O4/c1-18(19(2)33-34(17-35)25-13-12-20-6-3-7-21(20)15-25)31-32-28-26-11-5-9-23(26)16-27(29(28)36)22-8-4-10-24(14-22)30(37)38/h4,8,10,12-17,32,36H,3,5-7,9,11H2,1-2H3,(H,37,38)/b31-18+,33-19-. The number of carbonyl (C=O) groups is 2. The van der Waals surface area contributed by atoms with Gasteiger partial charge in [0.25, 0.3) is 0 Å². The molecule has 0 saturated carbocycles. The average molecular weight is 511 g/mol. The van der Waals surface area contributed by atoms with Crippen molar-refractivity contribution >= 4 is 35.2 Å². The van der Waals surface area contributed by atoms with Crippen LogP contribution in [0.3, 0.4) is 0 Å². The lowest BCUT2D eigenvalue weighted by Crippen LogP contribution is -2.19. The van der Waals surface area contributed by atoms with Crippen molar-refractivity contribution in [2.45, 2.75) is 52.4 Å². The first kappa shape index (κ1) is 25.2. The van der Waals surface area contributed by atoms with Crippen molar-refractivity contribution in [1.29, 1.82) is 0 Å². The van der Waals surface area contributed by atoms with Crippen LogP contribution in [-0.2, 0) is 30.5 Å². The van der Waals surface area contributed by atoms with Crippen LogP contribution in [0.15, 0.2) is 58.7 Å². The van der Waals surface area contributed by atoms with Crippen LogP contribution in [0.5, 0.6) is 5.75 Å². The molecular weight excluding hydrogens is 480 g/mol. The third kappa shape index (κ3) is 4.89. The monoisotopic (exact) mass is 510 g/mol. The zero-order chi connectivity index (χ0) is 26.8. The molecular formula is C30H30N4O4. The second-order valence-corrected chi connectivity index (χ2v) is 9.78. The molecule has 0 spiro atoms. The lowest BCUT2D eigenvalue weighted by molar-refractivity contribution is -0.107. The highest BCUT2D eigenvalue weighted by Gasteiger charge is 2.23. The van der Waals surface area contributed by atoms with Gasteiger partial charge >= 0.3 is 5.97 Å². The van der Waals surface area contributed by atoms with E-state index in [0.717, 1.165) is 49.7 Å². The molecule has 0 saturated heterocycles. The van der Waals surface area contributed by atoms with Crippen LogP contribution in [0.25, 0.3) is 11.1 Å². The van der Waals surface area contributed by atoms with Crippen LogP contribution in [-0.4, -0.2) is 34.0 Å². The number of phenolic OH excluding ortho intramolecular Hbond substituents is 1. The molecule has 0 bridgehead atoms. The van der Waals surface area contributed by atoms with Crippen LogP contribution in [0.2, 0.25) is 0 Å². The number of aromatic hydroxyl groups is 1. The molecule has 8 heteroatoms. The highest BCUT2D eigenvalue weighted by Crippen LogP contribution is 2.43. The number of aryl methyl sites for hydroxylation is 3. The van der Waals surface area contributed by atoms with E-state index in [1.54, 1.807) is 32.0 Å². The zero-order valence-corrected chi connectivity index (χ0v) is 21.5. The molecule has 38 heavy (non-hydrogen) atoms. The number of hydrazone groups is 2. The summed E-state index contributed by atoms with van der Waals surface area (Å²) < 4.78 is 0. The van der Waals surface area contributed by atoms with Gasteiger partial charge in [-0.15, -0.1) is 0 Å². The summed E-state index contributed by atoms with van der Waals surface area (Å²) in [5.74, 6) is -1.00. The number of carboxylic acids is 1. The number of fused-ring (bicyclic) bond motifs is 2. The topological polar surface area (TPSA) is 115 Å². The fraction of sp³-hybridized carbons (Fsp3) is 0.267. The molecule has 5 rings (SSSR count). The number of carboxylic acid groups (broad SMARTS) is 1. The Labute approximate surface area is 221 Å². The molecule has 0 atom stereocenters. The Bertz CT molecular complexity index is 1490. The molecule has 2 aliphatic carbocycles. The van der Waals surface area contributed by atoms with Crippen molar-refractivity contribution in [3.05, 3.63) is 76.3 Å². The summed E-state index contributed by atoms with van der Waals surface area (Å²) in [5.41, 5.74) is 11.4. The molecule has 0 radical (unpaired) electrons. The summed E-state index contributed by atoms with van der Waals surface area (Å²) in [6.45, 7) is 3.57. The minimum Gasteiger partial charge on any atom is -0.505 e. The molecule has 3 aromatic carbocycles. The van der Waals surface area contributed by atoms with E-state index >= 15 is 0 Å². The maximum atomic E-state index is 11.8. The van der Waals surface area contributed by atoms with Crippen LogP contribution >= 0.6 is 0 Å². The number of anilines is 2. The third-order valence-corrected chi connectivity index (χ3v) is 7.36. The molecule has 0 heterocycles. The summed E-state index contributed by atoms with van der Waals surface area (Å²) in [6, 6.07) is 14.5. The highest BCUT2D eigenvalue weighted by atomic mass is 16.4. The van der Waals surface area contributed by atoms with E-state index in [9.17, 15) is 19.8 Å². The summed E-state index contributed by atoms with van der Waals surface area (Å²) in [7, 11) is 0. The second kappa shape index (κ2) is 10.5. The number of carbonyl (C=O) groups excluding carboxylic acids is 1.